The number of Topliss-reactive ketones (excluding diaryl/α,β-unsaturated/α-hetero) is 1. The zero-order valence-corrected chi connectivity index (χ0v) is 19.0. The number of aliphatic hydroxyl groups excluding tert-OH is 1. The summed E-state index contributed by atoms with van der Waals surface area (Å²) in [7, 11) is 5.50. The average molecular weight is 439 g/mol. The molecule has 1 amide bonds. The van der Waals surface area contributed by atoms with Crippen molar-refractivity contribution in [1.29, 1.82) is 0 Å². The monoisotopic (exact) mass is 438 g/mol. The molecule has 2 aromatic carbocycles. The van der Waals surface area contributed by atoms with E-state index in [1.807, 2.05) is 38.1 Å². The van der Waals surface area contributed by atoms with Gasteiger partial charge in [0.1, 0.15) is 17.3 Å². The van der Waals surface area contributed by atoms with E-state index in [-0.39, 0.29) is 11.3 Å². The van der Waals surface area contributed by atoms with Crippen molar-refractivity contribution in [3.63, 3.8) is 0 Å². The van der Waals surface area contributed by atoms with E-state index in [0.717, 1.165) is 12.1 Å². The highest BCUT2D eigenvalue weighted by Crippen LogP contribution is 2.40. The zero-order valence-electron chi connectivity index (χ0n) is 19.0. The van der Waals surface area contributed by atoms with Gasteiger partial charge in [-0.2, -0.15) is 0 Å². The molecule has 3 rings (SSSR count). The van der Waals surface area contributed by atoms with Crippen molar-refractivity contribution >= 4 is 17.4 Å². The van der Waals surface area contributed by atoms with Crippen LogP contribution in [0, 0.1) is 0 Å². The first-order valence-corrected chi connectivity index (χ1v) is 10.7. The second kappa shape index (κ2) is 10.3. The number of hydrogen-bond acceptors (Lipinski definition) is 6. The van der Waals surface area contributed by atoms with Gasteiger partial charge in [0.2, 0.25) is 0 Å². The molecular weight excluding hydrogens is 408 g/mol. The molecule has 0 radical (unpaired) electrons. The van der Waals surface area contributed by atoms with E-state index in [1.54, 1.807) is 48.4 Å². The molecule has 0 spiro atoms. The lowest BCUT2D eigenvalue weighted by Gasteiger charge is -2.26. The Labute approximate surface area is 188 Å². The molecule has 1 N–H and O–H groups in total. The molecule has 1 aliphatic heterocycles. The summed E-state index contributed by atoms with van der Waals surface area (Å²) in [4.78, 5) is 29.6. The molecule has 0 saturated carbocycles. The summed E-state index contributed by atoms with van der Waals surface area (Å²) in [6.45, 7) is 3.60. The Morgan fingerprint density at radius 1 is 1.03 bits per heavy atom. The summed E-state index contributed by atoms with van der Waals surface area (Å²) in [5, 5.41) is 11.1. The first-order valence-electron chi connectivity index (χ1n) is 10.7. The molecule has 2 aromatic rings. The highest BCUT2D eigenvalue weighted by molar-refractivity contribution is 6.46. The maximum atomic E-state index is 13.0. The van der Waals surface area contributed by atoms with Crippen LogP contribution in [-0.2, 0) is 9.59 Å². The topological polar surface area (TPSA) is 79.3 Å². The summed E-state index contributed by atoms with van der Waals surface area (Å²) in [6, 6.07) is 13.4. The highest BCUT2D eigenvalue weighted by Gasteiger charge is 2.45. The number of rotatable bonds is 9. The van der Waals surface area contributed by atoms with Crippen LogP contribution < -0.4 is 9.47 Å². The second-order valence-corrected chi connectivity index (χ2v) is 7.88. The first kappa shape index (κ1) is 23.3. The van der Waals surface area contributed by atoms with E-state index in [4.69, 9.17) is 9.47 Å². The molecule has 1 aliphatic rings. The number of amides is 1. The zero-order chi connectivity index (χ0) is 23.3. The van der Waals surface area contributed by atoms with Gasteiger partial charge in [0.05, 0.1) is 25.3 Å². The van der Waals surface area contributed by atoms with Gasteiger partial charge in [-0.05, 0) is 75.9 Å². The Morgan fingerprint density at radius 2 is 1.66 bits per heavy atom. The minimum absolute atomic E-state index is 0.0918. The van der Waals surface area contributed by atoms with Crippen molar-refractivity contribution < 1.29 is 24.2 Å². The third-order valence-corrected chi connectivity index (χ3v) is 5.41. The van der Waals surface area contributed by atoms with E-state index < -0.39 is 17.7 Å². The van der Waals surface area contributed by atoms with Crippen LogP contribution in [0.5, 0.6) is 11.5 Å². The van der Waals surface area contributed by atoms with Crippen molar-refractivity contribution in [2.75, 3.05) is 40.9 Å². The van der Waals surface area contributed by atoms with Gasteiger partial charge in [0, 0.05) is 12.1 Å². The molecule has 0 aromatic heterocycles. The fraction of sp³-hybridized carbons (Fsp3) is 0.360. The molecule has 0 bridgehead atoms. The van der Waals surface area contributed by atoms with Crippen molar-refractivity contribution in [3.05, 3.63) is 65.2 Å². The van der Waals surface area contributed by atoms with Crippen LogP contribution in [-0.4, -0.2) is 67.5 Å². The molecule has 32 heavy (non-hydrogen) atoms. The Morgan fingerprint density at radius 3 is 2.22 bits per heavy atom. The van der Waals surface area contributed by atoms with Crippen molar-refractivity contribution in [1.82, 2.24) is 9.80 Å². The molecule has 1 atom stereocenters. The summed E-state index contributed by atoms with van der Waals surface area (Å²) in [5.74, 6) is -0.133. The third-order valence-electron chi connectivity index (χ3n) is 5.41. The van der Waals surface area contributed by atoms with Crippen molar-refractivity contribution in [2.45, 2.75) is 19.4 Å². The summed E-state index contributed by atoms with van der Waals surface area (Å²) in [6.07, 6.45) is 0.704. The number of carbonyl (C=O) groups excluding carboxylic acids is 2. The van der Waals surface area contributed by atoms with Crippen molar-refractivity contribution in [2.24, 2.45) is 0 Å². The van der Waals surface area contributed by atoms with Gasteiger partial charge in [-0.15, -0.1) is 0 Å². The SMILES string of the molecule is CCOc1ccc(/C(O)=C2/C(=O)C(=O)N(CCCN(C)C)C2c2ccc(OC)cc2)cc1. The second-order valence-electron chi connectivity index (χ2n) is 7.88. The first-order chi connectivity index (χ1) is 15.4. The molecular formula is C25H30N2O5. The molecule has 1 fully saturated rings. The lowest BCUT2D eigenvalue weighted by atomic mass is 9.95. The Balaban J connectivity index is 2.04. The maximum absolute atomic E-state index is 13.0. The van der Waals surface area contributed by atoms with Gasteiger partial charge in [-0.1, -0.05) is 12.1 Å². The number of ketones is 1. The fourth-order valence-electron chi connectivity index (χ4n) is 3.83. The van der Waals surface area contributed by atoms with Crippen LogP contribution in [0.25, 0.3) is 5.76 Å². The van der Waals surface area contributed by atoms with Gasteiger partial charge in [-0.3, -0.25) is 9.59 Å². The number of carbonyl (C=O) groups is 2. The molecule has 1 unspecified atom stereocenters. The quantitative estimate of drug-likeness (QED) is 0.367. The van der Waals surface area contributed by atoms with Crippen molar-refractivity contribution in [3.8, 4) is 11.5 Å². The minimum atomic E-state index is -0.679. The lowest BCUT2D eigenvalue weighted by Crippen LogP contribution is -2.32. The van der Waals surface area contributed by atoms with Gasteiger partial charge >= 0.3 is 0 Å². The van der Waals surface area contributed by atoms with Crippen LogP contribution in [0.1, 0.15) is 30.5 Å². The number of ether oxygens (including phenoxy) is 2. The van der Waals surface area contributed by atoms with Crippen LogP contribution >= 0.6 is 0 Å². The third kappa shape index (κ3) is 4.94. The number of nitrogens with zero attached hydrogens (tertiary/aromatic N) is 2. The predicted molar refractivity (Wildman–Crippen MR) is 123 cm³/mol. The molecule has 1 saturated heterocycles. The van der Waals surface area contributed by atoms with E-state index in [2.05, 4.69) is 0 Å². The van der Waals surface area contributed by atoms with Gasteiger partial charge in [0.25, 0.3) is 11.7 Å². The smallest absolute Gasteiger partial charge is 0.295 e. The number of hydrogen-bond donors (Lipinski definition) is 1. The lowest BCUT2D eigenvalue weighted by molar-refractivity contribution is -0.139. The molecule has 1 heterocycles. The average Bonchev–Trinajstić information content (AvgIpc) is 3.04. The Bertz CT molecular complexity index is 980. The largest absolute Gasteiger partial charge is 0.507 e. The normalized spacial score (nSPS) is 17.8. The Hall–Kier alpha value is -3.32. The molecule has 7 nitrogen and oxygen atoms in total. The summed E-state index contributed by atoms with van der Waals surface area (Å²) in [5.41, 5.74) is 1.29. The standard InChI is InChI=1S/C25H30N2O5/c1-5-32-20-13-9-18(10-14-20)23(28)21-22(17-7-11-19(31-4)12-8-17)27(25(30)24(21)29)16-6-15-26(2)3/h7-14,22,28H,5-6,15-16H2,1-4H3/b23-21-. The summed E-state index contributed by atoms with van der Waals surface area (Å²) < 4.78 is 10.7. The van der Waals surface area contributed by atoms with Crippen LogP contribution in [0.4, 0.5) is 0 Å². The highest BCUT2D eigenvalue weighted by atomic mass is 16.5. The summed E-state index contributed by atoms with van der Waals surface area (Å²) >= 11 is 0. The van der Waals surface area contributed by atoms with E-state index in [9.17, 15) is 14.7 Å². The minimum Gasteiger partial charge on any atom is -0.507 e. The van der Waals surface area contributed by atoms with Gasteiger partial charge in [0.15, 0.2) is 0 Å². The van der Waals surface area contributed by atoms with Crippen LogP contribution in [0.2, 0.25) is 0 Å². The number of aliphatic hydroxyl groups is 1. The van der Waals surface area contributed by atoms with Gasteiger partial charge < -0.3 is 24.4 Å². The molecule has 7 heteroatoms. The van der Waals surface area contributed by atoms with E-state index in [1.165, 1.54) is 0 Å². The maximum Gasteiger partial charge on any atom is 0.295 e. The van der Waals surface area contributed by atoms with Gasteiger partial charge in [-0.25, -0.2) is 0 Å². The van der Waals surface area contributed by atoms with Crippen LogP contribution in [0.3, 0.4) is 0 Å². The molecule has 170 valence electrons. The van der Waals surface area contributed by atoms with E-state index in [0.29, 0.717) is 36.6 Å². The number of likely N-dealkylation sites (tertiary alicyclic amines) is 1. The molecule has 0 aliphatic carbocycles. The predicted octanol–water partition coefficient (Wildman–Crippen LogP) is 3.47. The Kier molecular flexibility index (Phi) is 7.53. The fourth-order valence-corrected chi connectivity index (χ4v) is 3.83. The number of benzene rings is 2. The van der Waals surface area contributed by atoms with Crippen LogP contribution in [0.15, 0.2) is 54.1 Å². The van der Waals surface area contributed by atoms with E-state index >= 15 is 0 Å². The number of methoxy groups -OCH3 is 1.